The van der Waals surface area contributed by atoms with Gasteiger partial charge in [0.2, 0.25) is 0 Å². The molecule has 0 atom stereocenters. The van der Waals surface area contributed by atoms with Crippen LogP contribution in [0.4, 0.5) is 0 Å². The van der Waals surface area contributed by atoms with Gasteiger partial charge >= 0.3 is 0 Å². The lowest BCUT2D eigenvalue weighted by Gasteiger charge is -2.26. The zero-order valence-electron chi connectivity index (χ0n) is 31.7. The first kappa shape index (κ1) is 35.4. The minimum atomic E-state index is 0.742. The molecule has 0 saturated carbocycles. The summed E-state index contributed by atoms with van der Waals surface area (Å²) in [7, 11) is 0. The fourth-order valence-corrected chi connectivity index (χ4v) is 8.28. The van der Waals surface area contributed by atoms with Crippen molar-refractivity contribution < 1.29 is 9.47 Å². The highest BCUT2D eigenvalue weighted by molar-refractivity contribution is 6.25. The number of hydrogen-bond donors (Lipinski definition) is 0. The van der Waals surface area contributed by atoms with Crippen LogP contribution in [0.1, 0.15) is 65.2 Å². The predicted molar refractivity (Wildman–Crippen MR) is 229 cm³/mol. The van der Waals surface area contributed by atoms with Crippen molar-refractivity contribution in [2.75, 3.05) is 13.2 Å². The molecule has 0 heterocycles. The van der Waals surface area contributed by atoms with E-state index in [-0.39, 0.29) is 0 Å². The third kappa shape index (κ3) is 7.06. The zero-order valence-corrected chi connectivity index (χ0v) is 31.7. The second-order valence-electron chi connectivity index (χ2n) is 14.6. The van der Waals surface area contributed by atoms with Crippen LogP contribution < -0.4 is 9.47 Å². The maximum atomic E-state index is 6.27. The van der Waals surface area contributed by atoms with Crippen molar-refractivity contribution in [1.29, 1.82) is 0 Å². The highest BCUT2D eigenvalue weighted by Crippen LogP contribution is 2.60. The lowest BCUT2D eigenvalue weighted by atomic mass is 9.76. The molecule has 2 heteroatoms. The number of unbranched alkanes of at least 4 members (excludes halogenated alkanes) is 6. The fourth-order valence-electron chi connectivity index (χ4n) is 8.28. The smallest absolute Gasteiger partial charge is 0.119 e. The molecule has 0 saturated heterocycles. The van der Waals surface area contributed by atoms with Gasteiger partial charge in [0.05, 0.1) is 13.2 Å². The molecule has 8 rings (SSSR count). The summed E-state index contributed by atoms with van der Waals surface area (Å²) in [5.41, 5.74) is 14.9. The Morgan fingerprint density at radius 2 is 0.722 bits per heavy atom. The van der Waals surface area contributed by atoms with E-state index < -0.39 is 0 Å². The average Bonchev–Trinajstić information content (AvgIpc) is 3.56. The maximum Gasteiger partial charge on any atom is 0.119 e. The monoisotopic (exact) mass is 706 g/mol. The minimum absolute atomic E-state index is 0.742. The third-order valence-corrected chi connectivity index (χ3v) is 10.9. The zero-order chi connectivity index (χ0) is 36.7. The van der Waals surface area contributed by atoms with Gasteiger partial charge in [0, 0.05) is 0 Å². The van der Waals surface area contributed by atoms with Gasteiger partial charge in [0.25, 0.3) is 0 Å². The molecular weight excluding hydrogens is 657 g/mol. The average molecular weight is 707 g/mol. The fraction of sp³-hybridized carbons (Fsp3) is 0.231. The van der Waals surface area contributed by atoms with E-state index in [2.05, 4.69) is 159 Å². The van der Waals surface area contributed by atoms with E-state index in [1.807, 2.05) is 0 Å². The van der Waals surface area contributed by atoms with E-state index in [1.165, 1.54) is 116 Å². The lowest BCUT2D eigenvalue weighted by Crippen LogP contribution is -2.01. The first-order valence-corrected chi connectivity index (χ1v) is 20.1. The molecule has 0 radical (unpaired) electrons. The van der Waals surface area contributed by atoms with Gasteiger partial charge < -0.3 is 9.47 Å². The molecule has 0 unspecified atom stereocenters. The Kier molecular flexibility index (Phi) is 10.9. The number of hydrogen-bond acceptors (Lipinski definition) is 2. The summed E-state index contributed by atoms with van der Waals surface area (Å²) in [5.74, 6) is 1.83. The first-order chi connectivity index (χ1) is 26.8. The summed E-state index contributed by atoms with van der Waals surface area (Å²) < 4.78 is 12.5. The van der Waals surface area contributed by atoms with Crippen LogP contribution in [0.15, 0.2) is 146 Å². The van der Waals surface area contributed by atoms with Gasteiger partial charge in [-0.2, -0.15) is 0 Å². The van der Waals surface area contributed by atoms with Gasteiger partial charge in [0.1, 0.15) is 11.5 Å². The van der Waals surface area contributed by atoms with Crippen molar-refractivity contribution in [3.05, 3.63) is 146 Å². The van der Waals surface area contributed by atoms with Crippen molar-refractivity contribution in [2.45, 2.75) is 65.2 Å². The summed E-state index contributed by atoms with van der Waals surface area (Å²) in [6.45, 7) is 5.98. The highest BCUT2D eigenvalue weighted by atomic mass is 16.5. The van der Waals surface area contributed by atoms with Crippen molar-refractivity contribution in [3.8, 4) is 78.3 Å². The maximum absolute atomic E-state index is 6.27. The highest BCUT2D eigenvalue weighted by Gasteiger charge is 2.33. The Morgan fingerprint density at radius 1 is 0.333 bits per heavy atom. The van der Waals surface area contributed by atoms with Gasteiger partial charge in [-0.3, -0.25) is 0 Å². The van der Waals surface area contributed by atoms with Crippen LogP contribution in [-0.4, -0.2) is 13.2 Å². The van der Waals surface area contributed by atoms with Gasteiger partial charge in [-0.1, -0.05) is 174 Å². The van der Waals surface area contributed by atoms with Crippen LogP contribution >= 0.6 is 0 Å². The van der Waals surface area contributed by atoms with E-state index in [1.54, 1.807) is 0 Å². The Hall–Kier alpha value is -5.60. The summed E-state index contributed by atoms with van der Waals surface area (Å²) in [5, 5.41) is 2.59. The number of fused-ring (bicyclic) bond motifs is 3. The predicted octanol–water partition coefficient (Wildman–Crippen LogP) is 15.1. The molecule has 0 aliphatic heterocycles. The van der Waals surface area contributed by atoms with Gasteiger partial charge in [-0.15, -0.1) is 0 Å². The molecule has 2 nitrogen and oxygen atoms in total. The Morgan fingerprint density at radius 3 is 1.13 bits per heavy atom. The second kappa shape index (κ2) is 16.6. The normalized spacial score (nSPS) is 11.5. The van der Waals surface area contributed by atoms with Crippen LogP contribution in [0.3, 0.4) is 0 Å². The molecule has 54 heavy (non-hydrogen) atoms. The van der Waals surface area contributed by atoms with Gasteiger partial charge in [0.15, 0.2) is 0 Å². The second-order valence-corrected chi connectivity index (χ2v) is 14.6. The Labute approximate surface area is 321 Å². The SMILES string of the molecule is CCCCCCOc1ccc(-c2c(-c3ccc(OCCCCCC)cc3)c(-c3ccccc3)c3c(c2-c2ccccc2)-c2cccc4cccc-3c24)cc1. The molecule has 0 fully saturated rings. The largest absolute Gasteiger partial charge is 0.494 e. The van der Waals surface area contributed by atoms with Crippen molar-refractivity contribution in [2.24, 2.45) is 0 Å². The molecule has 0 amide bonds. The Bertz CT molecular complexity index is 2160. The van der Waals surface area contributed by atoms with E-state index in [9.17, 15) is 0 Å². The quantitative estimate of drug-likeness (QED) is 0.0931. The topological polar surface area (TPSA) is 18.5 Å². The molecule has 270 valence electrons. The van der Waals surface area contributed by atoms with Crippen LogP contribution in [-0.2, 0) is 0 Å². The summed E-state index contributed by atoms with van der Waals surface area (Å²) in [6.07, 6.45) is 9.50. The molecular formula is C52H50O2. The van der Waals surface area contributed by atoms with E-state index in [0.29, 0.717) is 0 Å². The molecule has 0 spiro atoms. The van der Waals surface area contributed by atoms with Gasteiger partial charge in [-0.05, 0) is 115 Å². The lowest BCUT2D eigenvalue weighted by molar-refractivity contribution is 0.305. The van der Waals surface area contributed by atoms with E-state index >= 15 is 0 Å². The van der Waals surface area contributed by atoms with Crippen molar-refractivity contribution in [1.82, 2.24) is 0 Å². The molecule has 0 bridgehead atoms. The van der Waals surface area contributed by atoms with E-state index in [4.69, 9.17) is 9.47 Å². The van der Waals surface area contributed by atoms with Crippen molar-refractivity contribution in [3.63, 3.8) is 0 Å². The van der Waals surface area contributed by atoms with Crippen LogP contribution in [0.2, 0.25) is 0 Å². The molecule has 7 aromatic carbocycles. The minimum Gasteiger partial charge on any atom is -0.494 e. The molecule has 7 aromatic rings. The van der Waals surface area contributed by atoms with E-state index in [0.717, 1.165) is 37.6 Å². The van der Waals surface area contributed by atoms with Crippen molar-refractivity contribution >= 4 is 10.8 Å². The number of rotatable bonds is 16. The Balaban J connectivity index is 1.39. The molecule has 1 aliphatic carbocycles. The molecule has 0 N–H and O–H groups in total. The summed E-state index contributed by atoms with van der Waals surface area (Å²) in [4.78, 5) is 0. The van der Waals surface area contributed by atoms with Crippen LogP contribution in [0.5, 0.6) is 11.5 Å². The molecule has 1 aliphatic rings. The first-order valence-electron chi connectivity index (χ1n) is 20.1. The summed E-state index contributed by atoms with van der Waals surface area (Å²) >= 11 is 0. The number of ether oxygens (including phenoxy) is 2. The summed E-state index contributed by atoms with van der Waals surface area (Å²) in [6, 6.07) is 53.3. The third-order valence-electron chi connectivity index (χ3n) is 10.9. The van der Waals surface area contributed by atoms with Gasteiger partial charge in [-0.25, -0.2) is 0 Å². The molecule has 0 aromatic heterocycles. The van der Waals surface area contributed by atoms with Crippen LogP contribution in [0.25, 0.3) is 77.5 Å². The standard InChI is InChI=1S/C52H50O2/c1-3-5-7-15-35-53-42-31-27-40(28-32-42)47-48(41-29-33-43(34-30-41)54-36-16-8-6-4-2)50(39-21-13-10-14-22-39)52-45-26-18-24-37-23-17-25-44(46(37)45)51(52)49(47)38-19-11-9-12-20-38/h9-14,17-34H,3-8,15-16,35-36H2,1-2H3. The number of benzene rings is 7. The van der Waals surface area contributed by atoms with Crippen LogP contribution in [0, 0.1) is 0 Å².